The SMILES string of the molecule is Cc1ccccc1CC(C)(C(=O)O)C(=O)O. The topological polar surface area (TPSA) is 74.6 Å². The van der Waals surface area contributed by atoms with Gasteiger partial charge in [-0.15, -0.1) is 0 Å². The predicted octanol–water partition coefficient (Wildman–Crippen LogP) is 1.71. The van der Waals surface area contributed by atoms with Crippen molar-refractivity contribution in [3.8, 4) is 0 Å². The van der Waals surface area contributed by atoms with Crippen LogP contribution in [-0.4, -0.2) is 22.2 Å². The van der Waals surface area contributed by atoms with Crippen LogP contribution in [0.4, 0.5) is 0 Å². The van der Waals surface area contributed by atoms with Gasteiger partial charge in [-0.05, 0) is 31.4 Å². The minimum absolute atomic E-state index is 0.00958. The van der Waals surface area contributed by atoms with Crippen molar-refractivity contribution < 1.29 is 19.8 Å². The van der Waals surface area contributed by atoms with Crippen molar-refractivity contribution in [3.63, 3.8) is 0 Å². The number of aliphatic carboxylic acids is 2. The van der Waals surface area contributed by atoms with Crippen molar-refractivity contribution in [1.82, 2.24) is 0 Å². The Morgan fingerprint density at radius 2 is 1.69 bits per heavy atom. The van der Waals surface area contributed by atoms with E-state index in [0.717, 1.165) is 11.1 Å². The molecule has 0 radical (unpaired) electrons. The smallest absolute Gasteiger partial charge is 0.321 e. The van der Waals surface area contributed by atoms with Gasteiger partial charge in [0.1, 0.15) is 0 Å². The standard InChI is InChI=1S/C12H14O4/c1-8-5-3-4-6-9(8)7-12(2,10(13)14)11(15)16/h3-6H,7H2,1-2H3,(H,13,14)(H,15,16). The van der Waals surface area contributed by atoms with Gasteiger partial charge in [0.25, 0.3) is 0 Å². The summed E-state index contributed by atoms with van der Waals surface area (Å²) >= 11 is 0. The van der Waals surface area contributed by atoms with E-state index in [0.29, 0.717) is 0 Å². The second kappa shape index (κ2) is 4.35. The van der Waals surface area contributed by atoms with Crippen LogP contribution in [0.2, 0.25) is 0 Å². The maximum absolute atomic E-state index is 11.0. The number of hydrogen-bond donors (Lipinski definition) is 2. The molecule has 0 amide bonds. The summed E-state index contributed by atoms with van der Waals surface area (Å²) in [4.78, 5) is 22.0. The molecule has 0 aliphatic rings. The fourth-order valence-electron chi connectivity index (χ4n) is 1.43. The van der Waals surface area contributed by atoms with E-state index in [1.807, 2.05) is 19.1 Å². The monoisotopic (exact) mass is 222 g/mol. The van der Waals surface area contributed by atoms with Gasteiger partial charge in [-0.25, -0.2) is 0 Å². The Bertz CT molecular complexity index is 409. The van der Waals surface area contributed by atoms with Gasteiger partial charge in [0.2, 0.25) is 0 Å². The van der Waals surface area contributed by atoms with E-state index in [1.54, 1.807) is 12.1 Å². The minimum atomic E-state index is -1.77. The highest BCUT2D eigenvalue weighted by atomic mass is 16.4. The van der Waals surface area contributed by atoms with Crippen LogP contribution in [0.5, 0.6) is 0 Å². The van der Waals surface area contributed by atoms with Gasteiger partial charge in [0.15, 0.2) is 5.41 Å². The van der Waals surface area contributed by atoms with E-state index in [9.17, 15) is 9.59 Å². The Labute approximate surface area is 93.5 Å². The van der Waals surface area contributed by atoms with E-state index in [2.05, 4.69) is 0 Å². The summed E-state index contributed by atoms with van der Waals surface area (Å²) in [5.41, 5.74) is -0.127. The van der Waals surface area contributed by atoms with Gasteiger partial charge in [0.05, 0.1) is 0 Å². The summed E-state index contributed by atoms with van der Waals surface area (Å²) in [6, 6.07) is 7.18. The van der Waals surface area contributed by atoms with Crippen LogP contribution in [0.25, 0.3) is 0 Å². The zero-order chi connectivity index (χ0) is 12.3. The summed E-state index contributed by atoms with van der Waals surface area (Å²) in [6.45, 7) is 3.06. The number of rotatable bonds is 4. The van der Waals surface area contributed by atoms with Gasteiger partial charge in [0, 0.05) is 0 Å². The largest absolute Gasteiger partial charge is 0.480 e. The van der Waals surface area contributed by atoms with Crippen molar-refractivity contribution in [2.45, 2.75) is 20.3 Å². The van der Waals surface area contributed by atoms with E-state index >= 15 is 0 Å². The summed E-state index contributed by atoms with van der Waals surface area (Å²) in [5, 5.41) is 17.9. The number of benzene rings is 1. The zero-order valence-electron chi connectivity index (χ0n) is 9.23. The first-order valence-electron chi connectivity index (χ1n) is 4.89. The highest BCUT2D eigenvalue weighted by molar-refractivity contribution is 5.98. The Hall–Kier alpha value is -1.84. The third-order valence-electron chi connectivity index (χ3n) is 2.75. The van der Waals surface area contributed by atoms with Crippen molar-refractivity contribution >= 4 is 11.9 Å². The van der Waals surface area contributed by atoms with E-state index in [4.69, 9.17) is 10.2 Å². The molecule has 1 rings (SSSR count). The third-order valence-corrected chi connectivity index (χ3v) is 2.75. The highest BCUT2D eigenvalue weighted by Gasteiger charge is 2.41. The molecule has 0 saturated heterocycles. The second-order valence-corrected chi connectivity index (χ2v) is 4.05. The Balaban J connectivity index is 3.07. The molecule has 0 heterocycles. The molecule has 86 valence electrons. The first-order chi connectivity index (χ1) is 7.38. The summed E-state index contributed by atoms with van der Waals surface area (Å²) in [5.74, 6) is -2.63. The van der Waals surface area contributed by atoms with E-state index in [1.165, 1.54) is 6.92 Å². The summed E-state index contributed by atoms with van der Waals surface area (Å²) < 4.78 is 0. The molecule has 16 heavy (non-hydrogen) atoms. The Morgan fingerprint density at radius 1 is 1.19 bits per heavy atom. The first kappa shape index (κ1) is 12.2. The van der Waals surface area contributed by atoms with Crippen LogP contribution < -0.4 is 0 Å². The minimum Gasteiger partial charge on any atom is -0.480 e. The molecule has 4 nitrogen and oxygen atoms in total. The molecule has 1 aromatic rings. The fourth-order valence-corrected chi connectivity index (χ4v) is 1.43. The van der Waals surface area contributed by atoms with Crippen molar-refractivity contribution in [2.75, 3.05) is 0 Å². The normalized spacial score (nSPS) is 11.1. The summed E-state index contributed by atoms with van der Waals surface area (Å²) in [7, 11) is 0. The maximum atomic E-state index is 11.0. The average molecular weight is 222 g/mol. The number of carboxylic acid groups (broad SMARTS) is 2. The lowest BCUT2D eigenvalue weighted by Gasteiger charge is -2.20. The maximum Gasteiger partial charge on any atom is 0.321 e. The van der Waals surface area contributed by atoms with Crippen LogP contribution in [0.3, 0.4) is 0 Å². The molecule has 0 aliphatic carbocycles. The van der Waals surface area contributed by atoms with Crippen LogP contribution in [-0.2, 0) is 16.0 Å². The number of carboxylic acids is 2. The molecule has 0 spiro atoms. The molecule has 0 atom stereocenters. The molecular formula is C12H14O4. The molecule has 0 unspecified atom stereocenters. The number of hydrogen-bond acceptors (Lipinski definition) is 2. The fraction of sp³-hybridized carbons (Fsp3) is 0.333. The number of carbonyl (C=O) groups is 2. The second-order valence-electron chi connectivity index (χ2n) is 4.05. The lowest BCUT2D eigenvalue weighted by atomic mass is 9.82. The lowest BCUT2D eigenvalue weighted by molar-refractivity contribution is -0.163. The molecule has 0 aromatic heterocycles. The molecule has 0 saturated carbocycles. The molecular weight excluding hydrogens is 208 g/mol. The molecule has 0 bridgehead atoms. The Kier molecular flexibility index (Phi) is 3.32. The van der Waals surface area contributed by atoms with Crippen LogP contribution in [0.15, 0.2) is 24.3 Å². The quantitative estimate of drug-likeness (QED) is 0.760. The first-order valence-corrected chi connectivity index (χ1v) is 4.89. The lowest BCUT2D eigenvalue weighted by Crippen LogP contribution is -2.38. The Morgan fingerprint density at radius 3 is 2.12 bits per heavy atom. The van der Waals surface area contributed by atoms with Crippen molar-refractivity contribution in [1.29, 1.82) is 0 Å². The zero-order valence-corrected chi connectivity index (χ0v) is 9.23. The van der Waals surface area contributed by atoms with Crippen molar-refractivity contribution in [2.24, 2.45) is 5.41 Å². The summed E-state index contributed by atoms with van der Waals surface area (Å²) in [6.07, 6.45) is -0.00958. The third kappa shape index (κ3) is 2.21. The average Bonchev–Trinajstić information content (AvgIpc) is 2.20. The predicted molar refractivity (Wildman–Crippen MR) is 58.3 cm³/mol. The van der Waals surface area contributed by atoms with Crippen LogP contribution in [0.1, 0.15) is 18.1 Å². The van der Waals surface area contributed by atoms with Gasteiger partial charge in [-0.2, -0.15) is 0 Å². The van der Waals surface area contributed by atoms with Gasteiger partial charge in [-0.1, -0.05) is 24.3 Å². The van der Waals surface area contributed by atoms with Crippen LogP contribution >= 0.6 is 0 Å². The highest BCUT2D eigenvalue weighted by Crippen LogP contribution is 2.25. The molecule has 0 aliphatic heterocycles. The van der Waals surface area contributed by atoms with Crippen molar-refractivity contribution in [3.05, 3.63) is 35.4 Å². The van der Waals surface area contributed by atoms with E-state index in [-0.39, 0.29) is 6.42 Å². The number of aryl methyl sites for hydroxylation is 1. The van der Waals surface area contributed by atoms with Gasteiger partial charge < -0.3 is 10.2 Å². The molecule has 4 heteroatoms. The van der Waals surface area contributed by atoms with E-state index < -0.39 is 17.4 Å². The molecule has 0 fully saturated rings. The van der Waals surface area contributed by atoms with Gasteiger partial charge >= 0.3 is 11.9 Å². The van der Waals surface area contributed by atoms with Gasteiger partial charge in [-0.3, -0.25) is 9.59 Å². The van der Waals surface area contributed by atoms with Crippen LogP contribution in [0, 0.1) is 12.3 Å². The molecule has 1 aromatic carbocycles. The molecule has 2 N–H and O–H groups in total.